The van der Waals surface area contributed by atoms with Gasteiger partial charge in [0.2, 0.25) is 0 Å². The van der Waals surface area contributed by atoms with Crippen molar-refractivity contribution in [2.75, 3.05) is 0 Å². The van der Waals surface area contributed by atoms with Gasteiger partial charge in [0.05, 0.1) is 22.4 Å². The summed E-state index contributed by atoms with van der Waals surface area (Å²) in [6, 6.07) is 76.6. The summed E-state index contributed by atoms with van der Waals surface area (Å²) in [5.74, 6) is 0.698. The van der Waals surface area contributed by atoms with Gasteiger partial charge in [-0.1, -0.05) is 184 Å². The van der Waals surface area contributed by atoms with Gasteiger partial charge in [-0.05, 0) is 97.7 Å². The molecule has 0 radical (unpaired) electrons. The molecule has 0 atom stereocenters. The molecule has 0 saturated heterocycles. The molecule has 292 valence electrons. The molecule has 12 rings (SSSR count). The zero-order chi connectivity index (χ0) is 41.4. The van der Waals surface area contributed by atoms with Crippen LogP contribution in [0.3, 0.4) is 0 Å². The summed E-state index contributed by atoms with van der Waals surface area (Å²) in [5.41, 5.74) is 18.3. The van der Waals surface area contributed by atoms with Crippen LogP contribution in [0.25, 0.3) is 106 Å². The van der Waals surface area contributed by atoms with Crippen LogP contribution in [0.1, 0.15) is 25.0 Å². The fourth-order valence-corrected chi connectivity index (χ4v) is 9.93. The number of para-hydroxylation sites is 2. The molecule has 0 aliphatic heterocycles. The second-order valence-corrected chi connectivity index (χ2v) is 17.0. The fourth-order valence-electron chi connectivity index (χ4n) is 9.93. The zero-order valence-corrected chi connectivity index (χ0v) is 34.5. The minimum absolute atomic E-state index is 0.0990. The molecule has 3 nitrogen and oxygen atoms in total. The number of fused-ring (bicyclic) bond motifs is 7. The van der Waals surface area contributed by atoms with Gasteiger partial charge < -0.3 is 4.57 Å². The molecule has 0 amide bonds. The summed E-state index contributed by atoms with van der Waals surface area (Å²) in [4.78, 5) is 10.5. The van der Waals surface area contributed by atoms with Gasteiger partial charge >= 0.3 is 0 Å². The lowest BCUT2D eigenvalue weighted by Crippen LogP contribution is -2.14. The Morgan fingerprint density at radius 1 is 0.371 bits per heavy atom. The van der Waals surface area contributed by atoms with E-state index in [9.17, 15) is 0 Å². The Labute approximate surface area is 361 Å². The van der Waals surface area contributed by atoms with Crippen molar-refractivity contribution in [3.8, 4) is 73.0 Å². The molecule has 0 bridgehead atoms. The van der Waals surface area contributed by atoms with Gasteiger partial charge in [0, 0.05) is 38.6 Å². The summed E-state index contributed by atoms with van der Waals surface area (Å²) < 4.78 is 2.38. The first-order valence-corrected chi connectivity index (χ1v) is 21.4. The Morgan fingerprint density at radius 3 is 1.79 bits per heavy atom. The van der Waals surface area contributed by atoms with Gasteiger partial charge in [0.15, 0.2) is 5.82 Å². The van der Waals surface area contributed by atoms with Crippen molar-refractivity contribution in [3.05, 3.63) is 223 Å². The van der Waals surface area contributed by atoms with E-state index in [1.165, 1.54) is 66.0 Å². The van der Waals surface area contributed by atoms with Crippen LogP contribution in [0.4, 0.5) is 0 Å². The van der Waals surface area contributed by atoms with Crippen molar-refractivity contribution in [2.45, 2.75) is 19.3 Å². The molecule has 2 aromatic heterocycles. The average Bonchev–Trinajstić information content (AvgIpc) is 3.78. The van der Waals surface area contributed by atoms with Gasteiger partial charge in [-0.25, -0.2) is 9.97 Å². The molecule has 0 unspecified atom stereocenters. The van der Waals surface area contributed by atoms with Crippen molar-refractivity contribution >= 4 is 32.6 Å². The lowest BCUT2D eigenvalue weighted by Gasteiger charge is -2.22. The first kappa shape index (κ1) is 36.0. The third-order valence-corrected chi connectivity index (χ3v) is 13.0. The Morgan fingerprint density at radius 2 is 0.984 bits per heavy atom. The van der Waals surface area contributed by atoms with Crippen molar-refractivity contribution < 1.29 is 0 Å². The highest BCUT2D eigenvalue weighted by molar-refractivity contribution is 6.10. The number of aromatic nitrogens is 3. The smallest absolute Gasteiger partial charge is 0.160 e. The number of hydrogen-bond donors (Lipinski definition) is 0. The van der Waals surface area contributed by atoms with E-state index < -0.39 is 0 Å². The number of benzene rings is 9. The predicted molar refractivity (Wildman–Crippen MR) is 259 cm³/mol. The maximum Gasteiger partial charge on any atom is 0.160 e. The molecule has 0 fully saturated rings. The molecule has 11 aromatic rings. The quantitative estimate of drug-likeness (QED) is 0.168. The van der Waals surface area contributed by atoms with Crippen molar-refractivity contribution in [1.82, 2.24) is 14.5 Å². The van der Waals surface area contributed by atoms with Gasteiger partial charge in [-0.15, -0.1) is 0 Å². The minimum atomic E-state index is -0.0990. The summed E-state index contributed by atoms with van der Waals surface area (Å²) in [6.07, 6.45) is 0. The van der Waals surface area contributed by atoms with Crippen LogP contribution in [0.2, 0.25) is 0 Å². The molecule has 3 heteroatoms. The standard InChI is InChI=1S/C59H41N3/c1-59(2)51-26-15-25-46(57(51)50-34-41-18-9-10-19-42(41)35-52(50)59)38-28-30-39(31-29-38)53-37-54(61-58(60-53)40-16-5-3-6-17-40)47-23-12-11-22-45(47)43-32-33-49-48-24-13-14-27-55(48)62(56(49)36-43)44-20-7-4-8-21-44/h3-37H,1-2H3. The number of nitrogens with zero attached hydrogens (tertiary/aromatic N) is 3. The van der Waals surface area contributed by atoms with Gasteiger partial charge in [-0.3, -0.25) is 0 Å². The predicted octanol–water partition coefficient (Wildman–Crippen LogP) is 15.4. The maximum atomic E-state index is 5.29. The molecule has 1 aliphatic carbocycles. The first-order valence-electron chi connectivity index (χ1n) is 21.4. The van der Waals surface area contributed by atoms with E-state index >= 15 is 0 Å². The minimum Gasteiger partial charge on any atom is -0.309 e. The maximum absolute atomic E-state index is 5.29. The van der Waals surface area contributed by atoms with E-state index in [2.05, 4.69) is 225 Å². The SMILES string of the molecule is CC1(C)c2cc3ccccc3cc2-c2c(-c3ccc(-c4cc(-c5ccccc5-c5ccc6c7ccccc7n(-c7ccccc7)c6c5)nc(-c5ccccc5)n4)cc3)cccc21. The molecule has 0 saturated carbocycles. The van der Waals surface area contributed by atoms with Crippen molar-refractivity contribution in [2.24, 2.45) is 0 Å². The molecule has 62 heavy (non-hydrogen) atoms. The average molecular weight is 792 g/mol. The monoisotopic (exact) mass is 791 g/mol. The van der Waals surface area contributed by atoms with Crippen LogP contribution in [-0.2, 0) is 5.41 Å². The largest absolute Gasteiger partial charge is 0.309 e. The lowest BCUT2D eigenvalue weighted by atomic mass is 9.81. The summed E-state index contributed by atoms with van der Waals surface area (Å²) in [6.45, 7) is 4.72. The second-order valence-electron chi connectivity index (χ2n) is 17.0. The Kier molecular flexibility index (Phi) is 8.20. The highest BCUT2D eigenvalue weighted by atomic mass is 15.0. The topological polar surface area (TPSA) is 30.7 Å². The van der Waals surface area contributed by atoms with E-state index in [1.54, 1.807) is 0 Å². The van der Waals surface area contributed by atoms with Gasteiger partial charge in [0.1, 0.15) is 0 Å². The van der Waals surface area contributed by atoms with Crippen molar-refractivity contribution in [3.63, 3.8) is 0 Å². The highest BCUT2D eigenvalue weighted by Crippen LogP contribution is 2.53. The lowest BCUT2D eigenvalue weighted by molar-refractivity contribution is 0.661. The third-order valence-electron chi connectivity index (χ3n) is 13.0. The fraction of sp³-hybridized carbons (Fsp3) is 0.0508. The molecule has 2 heterocycles. The van der Waals surface area contributed by atoms with Gasteiger partial charge in [0.25, 0.3) is 0 Å². The molecular formula is C59H41N3. The van der Waals surface area contributed by atoms with Gasteiger partial charge in [-0.2, -0.15) is 0 Å². The normalized spacial score (nSPS) is 12.8. The molecule has 0 N–H and O–H groups in total. The summed E-state index contributed by atoms with van der Waals surface area (Å²) >= 11 is 0. The van der Waals surface area contributed by atoms with Crippen LogP contribution >= 0.6 is 0 Å². The van der Waals surface area contributed by atoms with Crippen LogP contribution in [0.5, 0.6) is 0 Å². The van der Waals surface area contributed by atoms with Crippen LogP contribution in [0.15, 0.2) is 212 Å². The third kappa shape index (κ3) is 5.73. The molecule has 9 aromatic carbocycles. The molecular weight excluding hydrogens is 751 g/mol. The number of rotatable bonds is 6. The Balaban J connectivity index is 0.983. The molecule has 0 spiro atoms. The van der Waals surface area contributed by atoms with Crippen LogP contribution in [-0.4, -0.2) is 14.5 Å². The van der Waals surface area contributed by atoms with E-state index in [1.807, 2.05) is 6.07 Å². The second kappa shape index (κ2) is 14.1. The van der Waals surface area contributed by atoms with E-state index in [4.69, 9.17) is 9.97 Å². The van der Waals surface area contributed by atoms with Crippen LogP contribution < -0.4 is 0 Å². The van der Waals surface area contributed by atoms with Crippen LogP contribution in [0, 0.1) is 0 Å². The highest BCUT2D eigenvalue weighted by Gasteiger charge is 2.37. The summed E-state index contributed by atoms with van der Waals surface area (Å²) in [5, 5.41) is 5.02. The Hall–Kier alpha value is -7.88. The first-order chi connectivity index (χ1) is 30.5. The van der Waals surface area contributed by atoms with E-state index in [0.29, 0.717) is 5.82 Å². The van der Waals surface area contributed by atoms with E-state index in [-0.39, 0.29) is 5.41 Å². The zero-order valence-electron chi connectivity index (χ0n) is 34.5. The van der Waals surface area contributed by atoms with Crippen molar-refractivity contribution in [1.29, 1.82) is 0 Å². The number of hydrogen-bond acceptors (Lipinski definition) is 2. The summed E-state index contributed by atoms with van der Waals surface area (Å²) in [7, 11) is 0. The molecule has 1 aliphatic rings. The van der Waals surface area contributed by atoms with E-state index in [0.717, 1.165) is 44.9 Å². The Bertz CT molecular complexity index is 3520.